The van der Waals surface area contributed by atoms with E-state index in [9.17, 15) is 0 Å². The van der Waals surface area contributed by atoms with Crippen LogP contribution in [0.3, 0.4) is 0 Å². The Kier molecular flexibility index (Phi) is 13.9. The summed E-state index contributed by atoms with van der Waals surface area (Å²) >= 11 is 3.21. The molecule has 0 heterocycles. The number of halogens is 1. The Morgan fingerprint density at radius 2 is 1.71 bits per heavy atom. The van der Waals surface area contributed by atoms with Crippen molar-refractivity contribution in [3.8, 4) is 0 Å². The molecule has 0 bridgehead atoms. The van der Waals surface area contributed by atoms with Gasteiger partial charge in [-0.15, -0.1) is 0 Å². The molecule has 0 atom stereocenters. The van der Waals surface area contributed by atoms with Crippen molar-refractivity contribution in [2.45, 2.75) is 20.8 Å². The molecule has 0 fully saturated rings. The van der Waals surface area contributed by atoms with Crippen LogP contribution < -0.4 is 0 Å². The van der Waals surface area contributed by atoms with E-state index >= 15 is 0 Å². The van der Waals surface area contributed by atoms with E-state index in [0.29, 0.717) is 0 Å². The van der Waals surface area contributed by atoms with E-state index in [2.05, 4.69) is 22.5 Å². The Balaban J connectivity index is 0. The van der Waals surface area contributed by atoms with Gasteiger partial charge >= 0.3 is 0 Å². The number of rotatable bonds is 1. The Morgan fingerprint density at radius 1 is 1.57 bits per heavy atom. The molecule has 0 rings (SSSR count). The summed E-state index contributed by atoms with van der Waals surface area (Å²) in [5.41, 5.74) is 1.17. The first-order chi connectivity index (χ1) is 3.27. The van der Waals surface area contributed by atoms with Gasteiger partial charge in [0.05, 0.1) is 0 Å². The van der Waals surface area contributed by atoms with Gasteiger partial charge in [-0.25, -0.2) is 0 Å². The van der Waals surface area contributed by atoms with Crippen molar-refractivity contribution in [3.05, 3.63) is 12.2 Å². The summed E-state index contributed by atoms with van der Waals surface area (Å²) in [5.74, 6) is 0. The highest BCUT2D eigenvalue weighted by Crippen LogP contribution is 1.89. The van der Waals surface area contributed by atoms with Crippen molar-refractivity contribution < 1.29 is 0 Å². The van der Waals surface area contributed by atoms with Crippen LogP contribution in [0.5, 0.6) is 0 Å². The predicted octanol–water partition coefficient (Wildman–Crippen LogP) is 2.98. The Labute approximate surface area is 54.7 Å². The smallest absolute Gasteiger partial charge is 0.0236 e. The minimum Gasteiger partial charge on any atom is -0.0993 e. The molecule has 0 aromatic carbocycles. The molecule has 0 saturated heterocycles. The lowest BCUT2D eigenvalue weighted by molar-refractivity contribution is 1.46. The lowest BCUT2D eigenvalue weighted by atomic mass is 10.4. The molecule has 0 nitrogen and oxygen atoms in total. The maximum absolute atomic E-state index is 3.63. The zero-order chi connectivity index (χ0) is 6.28. The van der Waals surface area contributed by atoms with Crippen LogP contribution in [0.25, 0.3) is 0 Å². The average Bonchev–Trinajstić information content (AvgIpc) is 1.73. The van der Waals surface area contributed by atoms with Gasteiger partial charge in [0, 0.05) is 5.33 Å². The van der Waals surface area contributed by atoms with Crippen LogP contribution in [0.4, 0.5) is 0 Å². The molecule has 1 heteroatoms. The molecule has 0 aromatic heterocycles. The molecular weight excluding hydrogens is 152 g/mol. The topological polar surface area (TPSA) is 0 Å². The quantitative estimate of drug-likeness (QED) is 0.413. The highest BCUT2D eigenvalue weighted by molar-refractivity contribution is 9.09. The fourth-order valence-electron chi connectivity index (χ4n) is 0. The first kappa shape index (κ1) is 10.3. The fourth-order valence-corrected chi connectivity index (χ4v) is 0. The predicted molar refractivity (Wildman–Crippen MR) is 40.0 cm³/mol. The molecule has 0 aliphatic heterocycles. The third kappa shape index (κ3) is 22.5. The lowest BCUT2D eigenvalue weighted by Crippen LogP contribution is -1.64. The summed E-state index contributed by atoms with van der Waals surface area (Å²) < 4.78 is 0. The maximum atomic E-state index is 3.63. The second-order valence-corrected chi connectivity index (χ2v) is 1.65. The van der Waals surface area contributed by atoms with Gasteiger partial charge in [-0.1, -0.05) is 41.9 Å². The molecule has 0 spiro atoms. The van der Waals surface area contributed by atoms with Gasteiger partial charge in [0.2, 0.25) is 0 Å². The van der Waals surface area contributed by atoms with Crippen LogP contribution in [0.2, 0.25) is 0 Å². The highest BCUT2D eigenvalue weighted by atomic mass is 79.9. The van der Waals surface area contributed by atoms with E-state index in [1.54, 1.807) is 0 Å². The van der Waals surface area contributed by atoms with Crippen molar-refractivity contribution >= 4 is 15.9 Å². The molecule has 0 amide bonds. The van der Waals surface area contributed by atoms with Gasteiger partial charge in [-0.3, -0.25) is 0 Å². The third-order valence-electron chi connectivity index (χ3n) is 0.228. The van der Waals surface area contributed by atoms with Crippen LogP contribution in [-0.2, 0) is 0 Å². The zero-order valence-corrected chi connectivity index (χ0v) is 6.88. The van der Waals surface area contributed by atoms with Crippen LogP contribution in [-0.4, -0.2) is 5.33 Å². The van der Waals surface area contributed by atoms with E-state index in [1.807, 2.05) is 20.8 Å². The largest absolute Gasteiger partial charge is 0.0993 e. The summed E-state index contributed by atoms with van der Waals surface area (Å²) in [6.07, 6.45) is 0. The molecule has 0 unspecified atom stereocenters. The van der Waals surface area contributed by atoms with Gasteiger partial charge in [-0.05, 0) is 6.92 Å². The van der Waals surface area contributed by atoms with Gasteiger partial charge in [0.25, 0.3) is 0 Å². The summed E-state index contributed by atoms with van der Waals surface area (Å²) in [6.45, 7) is 9.61. The fraction of sp³-hybridized carbons (Fsp3) is 0.667. The molecule has 0 aliphatic rings. The van der Waals surface area contributed by atoms with Crippen molar-refractivity contribution in [1.29, 1.82) is 0 Å². The number of hydrogen-bond acceptors (Lipinski definition) is 0. The normalized spacial score (nSPS) is 6.29. The summed E-state index contributed by atoms with van der Waals surface area (Å²) in [5, 5.41) is 0.924. The van der Waals surface area contributed by atoms with Crippen molar-refractivity contribution in [2.24, 2.45) is 0 Å². The van der Waals surface area contributed by atoms with Gasteiger partial charge < -0.3 is 0 Å². The third-order valence-corrected chi connectivity index (χ3v) is 1.19. The first-order valence-electron chi connectivity index (χ1n) is 2.47. The molecule has 7 heavy (non-hydrogen) atoms. The number of hydrogen-bond donors (Lipinski definition) is 0. The summed E-state index contributed by atoms with van der Waals surface area (Å²) in [4.78, 5) is 0. The monoisotopic (exact) mass is 164 g/mol. The van der Waals surface area contributed by atoms with E-state index in [-0.39, 0.29) is 0 Å². The Hall–Kier alpha value is 0.220. The standard InChI is InChI=1S/C4H7Br.C2H6/c1-4(2)3-5;1-2/h1,3H2,2H3;1-2H3. The molecule has 0 saturated carbocycles. The second kappa shape index (κ2) is 9.52. The highest BCUT2D eigenvalue weighted by Gasteiger charge is 1.69. The van der Waals surface area contributed by atoms with Crippen LogP contribution >= 0.6 is 15.9 Å². The second-order valence-electron chi connectivity index (χ2n) is 1.09. The van der Waals surface area contributed by atoms with Crippen molar-refractivity contribution in [2.75, 3.05) is 5.33 Å². The Bertz CT molecular complexity index is 39.4. The zero-order valence-electron chi connectivity index (χ0n) is 5.29. The van der Waals surface area contributed by atoms with Crippen LogP contribution in [0.15, 0.2) is 12.2 Å². The minimum absolute atomic E-state index is 0.924. The number of allylic oxidation sites excluding steroid dienone is 1. The number of alkyl halides is 1. The van der Waals surface area contributed by atoms with E-state index in [1.165, 1.54) is 5.57 Å². The molecule has 0 aliphatic carbocycles. The summed E-state index contributed by atoms with van der Waals surface area (Å²) in [7, 11) is 0. The lowest BCUT2D eigenvalue weighted by Gasteiger charge is -1.77. The van der Waals surface area contributed by atoms with Crippen molar-refractivity contribution in [1.82, 2.24) is 0 Å². The molecule has 0 N–H and O–H groups in total. The molecule has 44 valence electrons. The van der Waals surface area contributed by atoms with E-state index in [0.717, 1.165) is 5.33 Å². The maximum Gasteiger partial charge on any atom is 0.0236 e. The van der Waals surface area contributed by atoms with Crippen LogP contribution in [0, 0.1) is 0 Å². The first-order valence-corrected chi connectivity index (χ1v) is 3.60. The molecular formula is C6H13Br. The van der Waals surface area contributed by atoms with Gasteiger partial charge in [0.1, 0.15) is 0 Å². The average molecular weight is 165 g/mol. The van der Waals surface area contributed by atoms with Crippen LogP contribution in [0.1, 0.15) is 20.8 Å². The molecule has 0 aromatic rings. The summed E-state index contributed by atoms with van der Waals surface area (Å²) in [6, 6.07) is 0. The van der Waals surface area contributed by atoms with Gasteiger partial charge in [0.15, 0.2) is 0 Å². The van der Waals surface area contributed by atoms with E-state index < -0.39 is 0 Å². The van der Waals surface area contributed by atoms with Gasteiger partial charge in [-0.2, -0.15) is 0 Å². The molecule has 0 radical (unpaired) electrons. The van der Waals surface area contributed by atoms with E-state index in [4.69, 9.17) is 0 Å². The Morgan fingerprint density at radius 3 is 1.71 bits per heavy atom. The minimum atomic E-state index is 0.924. The SMILES string of the molecule is C=C(C)CBr.CC. The van der Waals surface area contributed by atoms with Crippen molar-refractivity contribution in [3.63, 3.8) is 0 Å².